The first-order chi connectivity index (χ1) is 7.22. The number of morpholine rings is 1. The van der Waals surface area contributed by atoms with Gasteiger partial charge >= 0.3 is 0 Å². The molecular weight excluding hydrogens is 216 g/mol. The largest absolute Gasteiger partial charge is 0.390 e. The van der Waals surface area contributed by atoms with E-state index in [-0.39, 0.29) is 19.1 Å². The number of carbonyl (C=O) groups is 1. The fraction of sp³-hybridized carbons (Fsp3) is 0.556. The molecular formula is C9H12N2O3S. The summed E-state index contributed by atoms with van der Waals surface area (Å²) in [4.78, 5) is 18.3. The summed E-state index contributed by atoms with van der Waals surface area (Å²) in [5.74, 6) is -0.0699. The molecule has 5 nitrogen and oxygen atoms in total. The number of nitrogens with zero attached hydrogens (tertiary/aromatic N) is 2. The summed E-state index contributed by atoms with van der Waals surface area (Å²) >= 11 is 1.43. The molecule has 2 rings (SSSR count). The normalized spacial score (nSPS) is 17.2. The maximum Gasteiger partial charge on any atom is 0.254 e. The van der Waals surface area contributed by atoms with E-state index in [0.29, 0.717) is 24.0 Å². The molecule has 2 heterocycles. The second-order valence-electron chi connectivity index (χ2n) is 3.26. The summed E-state index contributed by atoms with van der Waals surface area (Å²) in [6, 6.07) is 0. The lowest BCUT2D eigenvalue weighted by Crippen LogP contribution is -2.41. The predicted octanol–water partition coefficient (Wildman–Crippen LogP) is 0.307. The average Bonchev–Trinajstić information content (AvgIpc) is 2.60. The third-order valence-corrected chi connectivity index (χ3v) is 3.28. The van der Waals surface area contributed by atoms with E-state index in [0.717, 1.165) is 4.88 Å². The third-order valence-electron chi connectivity index (χ3n) is 2.25. The number of hydrogen-bond donors (Lipinski definition) is 1. The summed E-state index contributed by atoms with van der Waals surface area (Å²) in [5, 5.41) is 9.67. The number of anilines is 1. The molecule has 0 radical (unpaired) electrons. The van der Waals surface area contributed by atoms with E-state index in [1.807, 2.05) is 6.92 Å². The Morgan fingerprint density at radius 2 is 2.47 bits per heavy atom. The number of thiazole rings is 1. The molecule has 1 fully saturated rings. The van der Waals surface area contributed by atoms with Crippen molar-refractivity contribution in [3.63, 3.8) is 0 Å². The quantitative estimate of drug-likeness (QED) is 0.791. The van der Waals surface area contributed by atoms with Gasteiger partial charge in [0.2, 0.25) is 0 Å². The molecule has 15 heavy (non-hydrogen) atoms. The highest BCUT2D eigenvalue weighted by Gasteiger charge is 2.23. The van der Waals surface area contributed by atoms with Gasteiger partial charge in [-0.25, -0.2) is 4.98 Å². The van der Waals surface area contributed by atoms with Crippen molar-refractivity contribution in [2.24, 2.45) is 0 Å². The van der Waals surface area contributed by atoms with Gasteiger partial charge in [-0.1, -0.05) is 0 Å². The van der Waals surface area contributed by atoms with E-state index in [1.54, 1.807) is 4.90 Å². The topological polar surface area (TPSA) is 62.7 Å². The Kier molecular flexibility index (Phi) is 2.99. The van der Waals surface area contributed by atoms with E-state index in [9.17, 15) is 4.79 Å². The van der Waals surface area contributed by atoms with Gasteiger partial charge in [-0.05, 0) is 6.92 Å². The lowest BCUT2D eigenvalue weighted by Gasteiger charge is -2.24. The van der Waals surface area contributed by atoms with Crippen molar-refractivity contribution in [2.45, 2.75) is 13.5 Å². The molecule has 1 N–H and O–H groups in total. The van der Waals surface area contributed by atoms with E-state index in [1.165, 1.54) is 11.3 Å². The monoisotopic (exact) mass is 228 g/mol. The van der Waals surface area contributed by atoms with Crippen LogP contribution in [0.25, 0.3) is 0 Å². The van der Waals surface area contributed by atoms with Crippen LogP contribution in [0.5, 0.6) is 0 Å². The smallest absolute Gasteiger partial charge is 0.254 e. The molecule has 1 aliphatic rings. The van der Waals surface area contributed by atoms with Gasteiger partial charge in [0.1, 0.15) is 6.61 Å². The maximum atomic E-state index is 11.5. The van der Waals surface area contributed by atoms with Crippen LogP contribution in [0, 0.1) is 6.92 Å². The number of ether oxygens (including phenoxy) is 1. The highest BCUT2D eigenvalue weighted by atomic mass is 32.1. The molecule has 0 atom stereocenters. The summed E-state index contributed by atoms with van der Waals surface area (Å²) < 4.78 is 5.03. The second kappa shape index (κ2) is 4.26. The number of amides is 1. The molecule has 82 valence electrons. The Morgan fingerprint density at radius 3 is 3.07 bits per heavy atom. The Balaban J connectivity index is 2.24. The van der Waals surface area contributed by atoms with Gasteiger partial charge in [0.15, 0.2) is 5.13 Å². The van der Waals surface area contributed by atoms with Crippen LogP contribution in [0.2, 0.25) is 0 Å². The fourth-order valence-electron chi connectivity index (χ4n) is 1.40. The molecule has 1 saturated heterocycles. The molecule has 0 saturated carbocycles. The lowest BCUT2D eigenvalue weighted by molar-refractivity contribution is -0.125. The molecule has 6 heteroatoms. The fourth-order valence-corrected chi connectivity index (χ4v) is 2.36. The first-order valence-corrected chi connectivity index (χ1v) is 5.49. The predicted molar refractivity (Wildman–Crippen MR) is 55.9 cm³/mol. The van der Waals surface area contributed by atoms with Crippen molar-refractivity contribution in [1.82, 2.24) is 4.98 Å². The van der Waals surface area contributed by atoms with Crippen LogP contribution in [-0.4, -0.2) is 35.8 Å². The molecule has 0 bridgehead atoms. The van der Waals surface area contributed by atoms with E-state index < -0.39 is 0 Å². The molecule has 1 aliphatic heterocycles. The van der Waals surface area contributed by atoms with Gasteiger partial charge in [0.25, 0.3) is 5.91 Å². The third kappa shape index (κ3) is 2.01. The van der Waals surface area contributed by atoms with Crippen LogP contribution in [0.1, 0.15) is 10.6 Å². The number of aliphatic hydroxyl groups excluding tert-OH is 1. The summed E-state index contributed by atoms with van der Waals surface area (Å²) in [5.41, 5.74) is 0.647. The van der Waals surface area contributed by atoms with E-state index in [4.69, 9.17) is 9.84 Å². The van der Waals surface area contributed by atoms with Crippen LogP contribution in [-0.2, 0) is 16.1 Å². The highest BCUT2D eigenvalue weighted by molar-refractivity contribution is 7.15. The number of aromatic nitrogens is 1. The van der Waals surface area contributed by atoms with Crippen LogP contribution in [0.4, 0.5) is 5.13 Å². The van der Waals surface area contributed by atoms with Gasteiger partial charge in [-0.2, -0.15) is 0 Å². The van der Waals surface area contributed by atoms with Crippen molar-refractivity contribution in [3.8, 4) is 0 Å². The molecule has 1 aromatic rings. The summed E-state index contributed by atoms with van der Waals surface area (Å²) in [6.45, 7) is 3.00. The van der Waals surface area contributed by atoms with E-state index in [2.05, 4.69) is 4.98 Å². The van der Waals surface area contributed by atoms with Gasteiger partial charge in [-0.15, -0.1) is 11.3 Å². The zero-order chi connectivity index (χ0) is 10.8. The Hall–Kier alpha value is -0.980. The van der Waals surface area contributed by atoms with Crippen molar-refractivity contribution in [2.75, 3.05) is 24.7 Å². The Bertz CT molecular complexity index is 377. The molecule has 1 amide bonds. The van der Waals surface area contributed by atoms with Crippen molar-refractivity contribution in [1.29, 1.82) is 0 Å². The minimum absolute atomic E-state index is 0.0699. The van der Waals surface area contributed by atoms with Crippen molar-refractivity contribution >= 4 is 22.4 Å². The highest BCUT2D eigenvalue weighted by Crippen LogP contribution is 2.26. The number of hydrogen-bond acceptors (Lipinski definition) is 5. The Labute approximate surface area is 91.3 Å². The second-order valence-corrected chi connectivity index (χ2v) is 4.44. The van der Waals surface area contributed by atoms with Gasteiger partial charge in [0, 0.05) is 4.88 Å². The van der Waals surface area contributed by atoms with Gasteiger partial charge in [0.05, 0.1) is 25.5 Å². The molecule has 0 spiro atoms. The van der Waals surface area contributed by atoms with E-state index >= 15 is 0 Å². The van der Waals surface area contributed by atoms with Gasteiger partial charge in [-0.3, -0.25) is 9.69 Å². The minimum Gasteiger partial charge on any atom is -0.390 e. The van der Waals surface area contributed by atoms with Crippen LogP contribution >= 0.6 is 11.3 Å². The van der Waals surface area contributed by atoms with Crippen molar-refractivity contribution in [3.05, 3.63) is 10.6 Å². The van der Waals surface area contributed by atoms with Crippen LogP contribution in [0.3, 0.4) is 0 Å². The Morgan fingerprint density at radius 1 is 1.67 bits per heavy atom. The first-order valence-electron chi connectivity index (χ1n) is 4.67. The van der Waals surface area contributed by atoms with Crippen LogP contribution in [0.15, 0.2) is 0 Å². The molecule has 1 aromatic heterocycles. The number of carbonyl (C=O) groups excluding carboxylic acids is 1. The first kappa shape index (κ1) is 10.5. The van der Waals surface area contributed by atoms with Gasteiger partial charge < -0.3 is 9.84 Å². The average molecular weight is 228 g/mol. The lowest BCUT2D eigenvalue weighted by atomic mass is 10.4. The SMILES string of the molecule is Cc1sc(N2CCOCC2=O)nc1CO. The maximum absolute atomic E-state index is 11.5. The zero-order valence-corrected chi connectivity index (χ0v) is 9.21. The number of rotatable bonds is 2. The number of aryl methyl sites for hydroxylation is 1. The zero-order valence-electron chi connectivity index (χ0n) is 8.39. The summed E-state index contributed by atoms with van der Waals surface area (Å²) in [6.07, 6.45) is 0. The molecule has 0 unspecified atom stereocenters. The standard InChI is InChI=1S/C9H12N2O3S/c1-6-7(4-12)10-9(15-6)11-2-3-14-5-8(11)13/h12H,2-5H2,1H3. The molecule has 0 aliphatic carbocycles. The van der Waals surface area contributed by atoms with Crippen LogP contribution < -0.4 is 4.90 Å². The minimum atomic E-state index is -0.0825. The van der Waals surface area contributed by atoms with Crippen molar-refractivity contribution < 1.29 is 14.6 Å². The summed E-state index contributed by atoms with van der Waals surface area (Å²) in [7, 11) is 0. The number of aliphatic hydroxyl groups is 1. The molecule has 0 aromatic carbocycles.